The summed E-state index contributed by atoms with van der Waals surface area (Å²) in [6.07, 6.45) is 2.21. The van der Waals surface area contributed by atoms with E-state index in [2.05, 4.69) is 21.4 Å². The number of aromatic nitrogens is 2. The Morgan fingerprint density at radius 2 is 1.79 bits per heavy atom. The number of hydrogen-bond acceptors (Lipinski definition) is 3. The largest absolute Gasteiger partial charge is 0.348 e. The second-order valence-electron chi connectivity index (χ2n) is 6.94. The zero-order valence-corrected chi connectivity index (χ0v) is 16.4. The van der Waals surface area contributed by atoms with Crippen molar-refractivity contribution >= 4 is 5.91 Å². The van der Waals surface area contributed by atoms with Gasteiger partial charge in [-0.1, -0.05) is 31.2 Å². The second kappa shape index (κ2) is 8.80. The van der Waals surface area contributed by atoms with E-state index in [1.54, 1.807) is 23.0 Å². The molecular weight excluding hydrogens is 355 g/mol. The highest BCUT2D eigenvalue weighted by Crippen LogP contribution is 2.17. The topological polar surface area (TPSA) is 50.2 Å². The molecule has 1 amide bonds. The Hall–Kier alpha value is -2.99. The van der Waals surface area contributed by atoms with Gasteiger partial charge in [-0.25, -0.2) is 9.07 Å². The van der Waals surface area contributed by atoms with E-state index in [1.807, 2.05) is 39.2 Å². The summed E-state index contributed by atoms with van der Waals surface area (Å²) in [6.45, 7) is 3.24. The highest BCUT2D eigenvalue weighted by Gasteiger charge is 2.17. The van der Waals surface area contributed by atoms with Gasteiger partial charge < -0.3 is 10.2 Å². The van der Waals surface area contributed by atoms with Crippen LogP contribution in [0.3, 0.4) is 0 Å². The molecule has 1 heterocycles. The van der Waals surface area contributed by atoms with Crippen LogP contribution in [0.25, 0.3) is 5.69 Å². The average molecular weight is 380 g/mol. The monoisotopic (exact) mass is 380 g/mol. The van der Waals surface area contributed by atoms with Crippen molar-refractivity contribution in [2.45, 2.75) is 26.4 Å². The van der Waals surface area contributed by atoms with Crippen LogP contribution in [0.1, 0.15) is 34.1 Å². The van der Waals surface area contributed by atoms with Gasteiger partial charge in [-0.2, -0.15) is 5.10 Å². The fourth-order valence-electron chi connectivity index (χ4n) is 3.20. The normalized spacial score (nSPS) is 11.0. The van der Waals surface area contributed by atoms with E-state index < -0.39 is 0 Å². The molecule has 1 aromatic heterocycles. The molecule has 0 atom stereocenters. The maximum Gasteiger partial charge on any atom is 0.255 e. The van der Waals surface area contributed by atoms with Crippen LogP contribution in [0.5, 0.6) is 0 Å². The summed E-state index contributed by atoms with van der Waals surface area (Å²) in [6, 6.07) is 14.2. The van der Waals surface area contributed by atoms with Crippen molar-refractivity contribution in [1.82, 2.24) is 20.0 Å². The molecule has 28 heavy (non-hydrogen) atoms. The fraction of sp³-hybridized carbons (Fsp3) is 0.273. The third-order valence-electron chi connectivity index (χ3n) is 4.56. The number of benzene rings is 2. The lowest BCUT2D eigenvalue weighted by Crippen LogP contribution is -2.25. The number of halogens is 1. The van der Waals surface area contributed by atoms with Crippen molar-refractivity contribution < 1.29 is 9.18 Å². The molecule has 0 fully saturated rings. The van der Waals surface area contributed by atoms with E-state index in [-0.39, 0.29) is 11.7 Å². The molecule has 0 aliphatic heterocycles. The van der Waals surface area contributed by atoms with Crippen LogP contribution in [-0.4, -0.2) is 34.7 Å². The number of carbonyl (C=O) groups is 1. The zero-order chi connectivity index (χ0) is 20.1. The molecule has 0 saturated carbocycles. The Labute approximate surface area is 164 Å². The molecule has 3 aromatic rings. The maximum absolute atomic E-state index is 13.2. The lowest BCUT2D eigenvalue weighted by molar-refractivity contribution is 0.0950. The smallest absolute Gasteiger partial charge is 0.255 e. The Morgan fingerprint density at radius 1 is 1.11 bits per heavy atom. The first-order valence-corrected chi connectivity index (χ1v) is 9.32. The van der Waals surface area contributed by atoms with Crippen molar-refractivity contribution in [3.05, 3.63) is 82.9 Å². The van der Waals surface area contributed by atoms with Gasteiger partial charge in [0.2, 0.25) is 0 Å². The number of nitrogens with zero attached hydrogens (tertiary/aromatic N) is 3. The van der Waals surface area contributed by atoms with Crippen LogP contribution in [0, 0.1) is 5.82 Å². The number of nitrogens with one attached hydrogen (secondary N) is 1. The van der Waals surface area contributed by atoms with E-state index >= 15 is 0 Å². The number of rotatable bonds is 7. The van der Waals surface area contributed by atoms with Gasteiger partial charge in [0, 0.05) is 13.1 Å². The third kappa shape index (κ3) is 4.46. The summed E-state index contributed by atoms with van der Waals surface area (Å²) < 4.78 is 14.9. The maximum atomic E-state index is 13.2. The fourth-order valence-corrected chi connectivity index (χ4v) is 3.20. The molecule has 6 heteroatoms. The highest BCUT2D eigenvalue weighted by atomic mass is 19.1. The van der Waals surface area contributed by atoms with Crippen molar-refractivity contribution in [1.29, 1.82) is 0 Å². The Bertz CT molecular complexity index is 947. The summed E-state index contributed by atoms with van der Waals surface area (Å²) in [5.74, 6) is -0.465. The van der Waals surface area contributed by atoms with Crippen LogP contribution in [0.15, 0.2) is 54.7 Å². The van der Waals surface area contributed by atoms with E-state index in [9.17, 15) is 9.18 Å². The van der Waals surface area contributed by atoms with E-state index in [0.29, 0.717) is 18.5 Å². The Balaban J connectivity index is 1.78. The van der Waals surface area contributed by atoms with Crippen molar-refractivity contribution in [3.8, 4) is 5.69 Å². The third-order valence-corrected chi connectivity index (χ3v) is 4.56. The molecule has 146 valence electrons. The van der Waals surface area contributed by atoms with E-state index in [0.717, 1.165) is 23.5 Å². The zero-order valence-electron chi connectivity index (χ0n) is 16.4. The van der Waals surface area contributed by atoms with E-state index in [1.165, 1.54) is 17.7 Å². The van der Waals surface area contributed by atoms with Gasteiger partial charge in [-0.15, -0.1) is 0 Å². The highest BCUT2D eigenvalue weighted by molar-refractivity contribution is 5.95. The summed E-state index contributed by atoms with van der Waals surface area (Å²) >= 11 is 0. The molecule has 0 radical (unpaired) electrons. The Kier molecular flexibility index (Phi) is 6.21. The number of amides is 1. The summed E-state index contributed by atoms with van der Waals surface area (Å²) in [7, 11) is 4.04. The summed E-state index contributed by atoms with van der Waals surface area (Å²) in [4.78, 5) is 14.9. The van der Waals surface area contributed by atoms with Crippen molar-refractivity contribution in [3.63, 3.8) is 0 Å². The molecule has 0 saturated heterocycles. The molecule has 0 spiro atoms. The standard InChI is InChI=1S/C22H25FN4O/c1-4-21-20(14-25-27(21)19-11-9-18(23)10-12-19)22(28)24-13-16-7-5-6-8-17(16)15-26(2)3/h5-12,14H,4,13,15H2,1-3H3,(H,24,28). The molecular formula is C22H25FN4O. The Morgan fingerprint density at radius 3 is 2.43 bits per heavy atom. The first-order valence-electron chi connectivity index (χ1n) is 9.32. The van der Waals surface area contributed by atoms with Crippen LogP contribution in [0.2, 0.25) is 0 Å². The minimum Gasteiger partial charge on any atom is -0.348 e. The lowest BCUT2D eigenvalue weighted by Gasteiger charge is -2.15. The summed E-state index contributed by atoms with van der Waals surface area (Å²) in [5.41, 5.74) is 4.34. The van der Waals surface area contributed by atoms with Gasteiger partial charge in [0.05, 0.1) is 23.1 Å². The van der Waals surface area contributed by atoms with Crippen LogP contribution < -0.4 is 5.32 Å². The van der Waals surface area contributed by atoms with Gasteiger partial charge in [0.25, 0.3) is 5.91 Å². The predicted octanol–water partition coefficient (Wildman–Crippen LogP) is 3.57. The average Bonchev–Trinajstić information content (AvgIpc) is 3.11. The van der Waals surface area contributed by atoms with Gasteiger partial charge in [0.15, 0.2) is 0 Å². The summed E-state index contributed by atoms with van der Waals surface area (Å²) in [5, 5.41) is 7.35. The lowest BCUT2D eigenvalue weighted by atomic mass is 10.1. The first-order chi connectivity index (χ1) is 13.5. The molecule has 1 N–H and O–H groups in total. The quantitative estimate of drug-likeness (QED) is 0.682. The second-order valence-corrected chi connectivity index (χ2v) is 6.94. The molecule has 3 rings (SSSR count). The predicted molar refractivity (Wildman–Crippen MR) is 108 cm³/mol. The first kappa shape index (κ1) is 19.8. The van der Waals surface area contributed by atoms with Gasteiger partial charge in [-0.05, 0) is 55.9 Å². The number of carbonyl (C=O) groups excluding carboxylic acids is 1. The molecule has 0 unspecified atom stereocenters. The van der Waals surface area contributed by atoms with Gasteiger partial charge >= 0.3 is 0 Å². The molecule has 0 bridgehead atoms. The van der Waals surface area contributed by atoms with Crippen molar-refractivity contribution in [2.75, 3.05) is 14.1 Å². The van der Waals surface area contributed by atoms with Crippen LogP contribution in [0.4, 0.5) is 4.39 Å². The number of hydrogen-bond donors (Lipinski definition) is 1. The van der Waals surface area contributed by atoms with Gasteiger partial charge in [-0.3, -0.25) is 4.79 Å². The van der Waals surface area contributed by atoms with Gasteiger partial charge in [0.1, 0.15) is 5.82 Å². The minimum absolute atomic E-state index is 0.162. The van der Waals surface area contributed by atoms with E-state index in [4.69, 9.17) is 0 Å². The molecule has 5 nitrogen and oxygen atoms in total. The SMILES string of the molecule is CCc1c(C(=O)NCc2ccccc2CN(C)C)cnn1-c1ccc(F)cc1. The molecule has 0 aliphatic carbocycles. The van der Waals surface area contributed by atoms with Crippen LogP contribution in [-0.2, 0) is 19.5 Å². The molecule has 0 aliphatic rings. The van der Waals surface area contributed by atoms with Crippen molar-refractivity contribution in [2.24, 2.45) is 0 Å². The molecule has 2 aromatic carbocycles. The minimum atomic E-state index is -0.302. The van der Waals surface area contributed by atoms with Crippen LogP contribution >= 0.6 is 0 Å².